The van der Waals surface area contributed by atoms with Gasteiger partial charge in [0.1, 0.15) is 17.1 Å². The van der Waals surface area contributed by atoms with Gasteiger partial charge in [0.25, 0.3) is 5.91 Å². The van der Waals surface area contributed by atoms with Gasteiger partial charge >= 0.3 is 12.3 Å². The molecule has 0 aromatic carbocycles. The molecule has 2 aliphatic heterocycles. The van der Waals surface area contributed by atoms with Gasteiger partial charge in [0.15, 0.2) is 6.04 Å². The van der Waals surface area contributed by atoms with Gasteiger partial charge in [-0.1, -0.05) is 0 Å². The number of halogens is 3. The quantitative estimate of drug-likeness (QED) is 0.787. The van der Waals surface area contributed by atoms with E-state index >= 15 is 0 Å². The number of anilines is 1. The van der Waals surface area contributed by atoms with Crippen LogP contribution in [-0.2, 0) is 4.74 Å². The molecular weight excluding hydrogens is 419 g/mol. The van der Waals surface area contributed by atoms with E-state index < -0.39 is 30.3 Å². The predicted molar refractivity (Wildman–Crippen MR) is 102 cm³/mol. The Morgan fingerprint density at radius 2 is 1.97 bits per heavy atom. The number of carbonyl (C=O) groups is 2. The summed E-state index contributed by atoms with van der Waals surface area (Å²) in [6.45, 7) is 3.00. The first-order chi connectivity index (χ1) is 14.8. The van der Waals surface area contributed by atoms with Crippen LogP contribution < -0.4 is 5.32 Å². The molecule has 0 spiro atoms. The molecule has 1 N–H and O–H groups in total. The number of hydrogen-bond donors (Lipinski definition) is 1. The smallest absolute Gasteiger partial charge is 0.410 e. The number of piperazine rings is 1. The third-order valence-corrected chi connectivity index (χ3v) is 5.45. The van der Waals surface area contributed by atoms with E-state index in [9.17, 15) is 22.8 Å². The average molecular weight is 441 g/mol. The van der Waals surface area contributed by atoms with Crippen molar-refractivity contribution >= 4 is 17.8 Å². The number of alkyl halides is 3. The topological polar surface area (TPSA) is 92.8 Å². The monoisotopic (exact) mass is 441 g/mol. The van der Waals surface area contributed by atoms with E-state index in [1.165, 1.54) is 16.1 Å². The summed E-state index contributed by atoms with van der Waals surface area (Å²) in [4.78, 5) is 27.9. The molecule has 0 unspecified atom stereocenters. The zero-order valence-corrected chi connectivity index (χ0v) is 16.8. The summed E-state index contributed by atoms with van der Waals surface area (Å²) < 4.78 is 52.2. The second kappa shape index (κ2) is 8.16. The summed E-state index contributed by atoms with van der Waals surface area (Å²) in [6.07, 6.45) is -2.75. The van der Waals surface area contributed by atoms with Gasteiger partial charge in [-0.2, -0.15) is 18.3 Å². The number of nitrogens with zero attached hydrogens (tertiary/aromatic N) is 4. The van der Waals surface area contributed by atoms with Crippen LogP contribution in [0, 0.1) is 0 Å². The van der Waals surface area contributed by atoms with E-state index in [-0.39, 0.29) is 50.6 Å². The van der Waals surface area contributed by atoms with Gasteiger partial charge in [0.05, 0.1) is 25.1 Å². The Morgan fingerprint density at radius 3 is 2.58 bits per heavy atom. The normalized spacial score (nSPS) is 21.4. The SMILES string of the molecule is CCOC(=O)N1CCN(C(=O)c2cnn3c2N[C@H](c2ccco2)C[C@@H]3C(F)(F)F)CC1. The summed E-state index contributed by atoms with van der Waals surface area (Å²) in [5.41, 5.74) is 0.0510. The molecule has 4 heterocycles. The van der Waals surface area contributed by atoms with Crippen LogP contribution in [0.4, 0.5) is 23.8 Å². The fourth-order valence-electron chi connectivity index (χ4n) is 3.87. The minimum absolute atomic E-state index is 0.00722. The molecule has 2 atom stereocenters. The van der Waals surface area contributed by atoms with Crippen molar-refractivity contribution in [2.24, 2.45) is 0 Å². The van der Waals surface area contributed by atoms with E-state index in [4.69, 9.17) is 9.15 Å². The lowest BCUT2D eigenvalue weighted by molar-refractivity contribution is -0.174. The van der Waals surface area contributed by atoms with Gasteiger partial charge in [-0.15, -0.1) is 0 Å². The fraction of sp³-hybridized carbons (Fsp3) is 0.526. The number of ether oxygens (including phenoxy) is 1. The summed E-state index contributed by atoms with van der Waals surface area (Å²) in [7, 11) is 0. The predicted octanol–water partition coefficient (Wildman–Crippen LogP) is 3.05. The van der Waals surface area contributed by atoms with Crippen LogP contribution in [0.5, 0.6) is 0 Å². The standard InChI is InChI=1S/C19H22F3N5O4/c1-2-30-18(29)26-7-5-25(6-8-26)17(28)12-11-23-27-15(19(20,21)22)10-13(24-16(12)27)14-4-3-9-31-14/h3-4,9,11,13,15,24H,2,5-8,10H2,1H3/t13-,15+/m0/s1. The molecule has 2 aromatic heterocycles. The molecule has 12 heteroatoms. The molecule has 1 saturated heterocycles. The Labute approximate surface area is 175 Å². The maximum atomic E-state index is 13.7. The molecule has 0 bridgehead atoms. The third kappa shape index (κ3) is 4.06. The Hall–Kier alpha value is -3.18. The molecular formula is C19H22F3N5O4. The van der Waals surface area contributed by atoms with Crippen LogP contribution in [-0.4, -0.2) is 70.5 Å². The maximum Gasteiger partial charge on any atom is 0.410 e. The summed E-state index contributed by atoms with van der Waals surface area (Å²) in [5, 5.41) is 6.86. The molecule has 0 radical (unpaired) electrons. The van der Waals surface area contributed by atoms with Crippen LogP contribution in [0.3, 0.4) is 0 Å². The first-order valence-corrected chi connectivity index (χ1v) is 9.94. The van der Waals surface area contributed by atoms with Gasteiger partial charge < -0.3 is 24.3 Å². The number of furan rings is 1. The lowest BCUT2D eigenvalue weighted by atomic mass is 10.0. The van der Waals surface area contributed by atoms with Crippen molar-refractivity contribution in [1.29, 1.82) is 0 Å². The Bertz CT molecular complexity index is 935. The van der Waals surface area contributed by atoms with Gasteiger partial charge in [-0.25, -0.2) is 9.48 Å². The van der Waals surface area contributed by atoms with Crippen molar-refractivity contribution in [3.63, 3.8) is 0 Å². The number of fused-ring (bicyclic) bond motifs is 1. The largest absolute Gasteiger partial charge is 0.467 e. The first kappa shape index (κ1) is 21.1. The lowest BCUT2D eigenvalue weighted by Crippen LogP contribution is -2.50. The van der Waals surface area contributed by atoms with Crippen LogP contribution in [0.2, 0.25) is 0 Å². The summed E-state index contributed by atoms with van der Waals surface area (Å²) in [5.74, 6) is -0.0887. The van der Waals surface area contributed by atoms with Crippen LogP contribution in [0.25, 0.3) is 0 Å². The molecule has 0 aliphatic carbocycles. The highest BCUT2D eigenvalue weighted by Gasteiger charge is 2.48. The van der Waals surface area contributed by atoms with Gasteiger partial charge in [-0.05, 0) is 19.1 Å². The molecule has 168 valence electrons. The van der Waals surface area contributed by atoms with Crippen LogP contribution in [0.15, 0.2) is 29.0 Å². The Balaban J connectivity index is 1.55. The second-order valence-corrected chi connectivity index (χ2v) is 7.34. The summed E-state index contributed by atoms with van der Waals surface area (Å²) in [6, 6.07) is 0.549. The molecule has 1 fully saturated rings. The highest BCUT2D eigenvalue weighted by Crippen LogP contribution is 2.44. The highest BCUT2D eigenvalue weighted by atomic mass is 19.4. The second-order valence-electron chi connectivity index (χ2n) is 7.34. The minimum Gasteiger partial charge on any atom is -0.467 e. The zero-order valence-electron chi connectivity index (χ0n) is 16.8. The minimum atomic E-state index is -4.54. The number of rotatable bonds is 3. The lowest BCUT2D eigenvalue weighted by Gasteiger charge is -2.35. The maximum absolute atomic E-state index is 13.7. The molecule has 4 rings (SSSR count). The van der Waals surface area contributed by atoms with Crippen molar-refractivity contribution in [2.75, 3.05) is 38.1 Å². The molecule has 31 heavy (non-hydrogen) atoms. The molecule has 2 amide bonds. The highest BCUT2D eigenvalue weighted by molar-refractivity contribution is 5.99. The Kier molecular flexibility index (Phi) is 5.54. The van der Waals surface area contributed by atoms with E-state index in [1.54, 1.807) is 19.1 Å². The van der Waals surface area contributed by atoms with E-state index in [0.29, 0.717) is 5.76 Å². The number of carbonyl (C=O) groups excluding carboxylic acids is 2. The van der Waals surface area contributed by atoms with Crippen LogP contribution in [0.1, 0.15) is 41.5 Å². The number of aromatic nitrogens is 2. The molecule has 9 nitrogen and oxygen atoms in total. The first-order valence-electron chi connectivity index (χ1n) is 9.94. The molecule has 0 saturated carbocycles. The van der Waals surface area contributed by atoms with E-state index in [0.717, 1.165) is 10.9 Å². The average Bonchev–Trinajstić information content (AvgIpc) is 3.42. The number of hydrogen-bond acceptors (Lipinski definition) is 6. The number of nitrogens with one attached hydrogen (secondary N) is 1. The summed E-state index contributed by atoms with van der Waals surface area (Å²) >= 11 is 0. The molecule has 2 aliphatic rings. The van der Waals surface area contributed by atoms with Gasteiger partial charge in [0.2, 0.25) is 0 Å². The van der Waals surface area contributed by atoms with Crippen molar-refractivity contribution < 1.29 is 31.9 Å². The van der Waals surface area contributed by atoms with Crippen molar-refractivity contribution in [2.45, 2.75) is 31.6 Å². The zero-order chi connectivity index (χ0) is 22.2. The van der Waals surface area contributed by atoms with Gasteiger partial charge in [-0.3, -0.25) is 4.79 Å². The van der Waals surface area contributed by atoms with Crippen molar-refractivity contribution in [1.82, 2.24) is 19.6 Å². The fourth-order valence-corrected chi connectivity index (χ4v) is 3.87. The number of amides is 2. The van der Waals surface area contributed by atoms with Crippen LogP contribution >= 0.6 is 0 Å². The Morgan fingerprint density at radius 1 is 1.26 bits per heavy atom. The van der Waals surface area contributed by atoms with E-state index in [2.05, 4.69) is 10.4 Å². The van der Waals surface area contributed by atoms with Gasteiger partial charge in [0, 0.05) is 32.6 Å². The van der Waals surface area contributed by atoms with Crippen molar-refractivity contribution in [3.8, 4) is 0 Å². The van der Waals surface area contributed by atoms with Crippen molar-refractivity contribution in [3.05, 3.63) is 35.9 Å². The van der Waals surface area contributed by atoms with E-state index in [1.807, 2.05) is 0 Å². The molecule has 2 aromatic rings. The third-order valence-electron chi connectivity index (χ3n) is 5.45.